The Labute approximate surface area is 148 Å². The molecule has 0 spiro atoms. The lowest BCUT2D eigenvalue weighted by molar-refractivity contribution is -0.140. The predicted molar refractivity (Wildman–Crippen MR) is 91.6 cm³/mol. The molecule has 0 unspecified atom stereocenters. The van der Waals surface area contributed by atoms with Crippen molar-refractivity contribution >= 4 is 17.7 Å². The largest absolute Gasteiger partial charge is 0.379 e. The number of carbonyl (C=O) groups is 3. The molecule has 1 N–H and O–H groups in total. The summed E-state index contributed by atoms with van der Waals surface area (Å²) >= 11 is 0. The minimum absolute atomic E-state index is 0.101. The molecule has 3 aliphatic rings. The van der Waals surface area contributed by atoms with Crippen molar-refractivity contribution in [1.82, 2.24) is 15.1 Å². The summed E-state index contributed by atoms with van der Waals surface area (Å²) in [6.07, 6.45) is 6.29. The van der Waals surface area contributed by atoms with Gasteiger partial charge < -0.3 is 10.1 Å². The van der Waals surface area contributed by atoms with Gasteiger partial charge in [-0.2, -0.15) is 0 Å². The Balaban J connectivity index is 1.33. The third-order valence-corrected chi connectivity index (χ3v) is 5.24. The fourth-order valence-corrected chi connectivity index (χ4v) is 3.75. The summed E-state index contributed by atoms with van der Waals surface area (Å²) in [6, 6.07) is 0. The van der Waals surface area contributed by atoms with Crippen LogP contribution in [0.1, 0.15) is 25.7 Å². The summed E-state index contributed by atoms with van der Waals surface area (Å²) < 4.78 is 5.30. The van der Waals surface area contributed by atoms with E-state index in [1.54, 1.807) is 0 Å². The van der Waals surface area contributed by atoms with Crippen LogP contribution in [-0.4, -0.2) is 73.5 Å². The van der Waals surface area contributed by atoms with E-state index in [2.05, 4.69) is 10.2 Å². The second-order valence-electron chi connectivity index (χ2n) is 6.89. The molecule has 1 aliphatic carbocycles. The molecule has 3 amide bonds. The second-order valence-corrected chi connectivity index (χ2v) is 6.89. The van der Waals surface area contributed by atoms with E-state index < -0.39 is 0 Å². The van der Waals surface area contributed by atoms with E-state index in [1.807, 2.05) is 12.2 Å². The number of imide groups is 1. The number of amides is 3. The molecular weight excluding hydrogens is 322 g/mol. The highest BCUT2D eigenvalue weighted by Crippen LogP contribution is 2.34. The summed E-state index contributed by atoms with van der Waals surface area (Å²) in [4.78, 5) is 40.2. The molecule has 2 heterocycles. The molecular formula is C18H27N3O4. The van der Waals surface area contributed by atoms with Crippen LogP contribution in [0.25, 0.3) is 0 Å². The smallest absolute Gasteiger partial charge is 0.233 e. The molecule has 2 aliphatic heterocycles. The Morgan fingerprint density at radius 1 is 1.08 bits per heavy atom. The number of nitrogens with zero attached hydrogens (tertiary/aromatic N) is 2. The van der Waals surface area contributed by atoms with Crippen molar-refractivity contribution in [2.45, 2.75) is 25.7 Å². The SMILES string of the molecule is O=C(CCN1C(=O)[C@H]2CC=CC[C@H]2C1=O)NCCCN1CCOCC1. The van der Waals surface area contributed by atoms with Crippen molar-refractivity contribution in [3.63, 3.8) is 0 Å². The Morgan fingerprint density at radius 3 is 2.36 bits per heavy atom. The highest BCUT2D eigenvalue weighted by atomic mass is 16.5. The first-order chi connectivity index (χ1) is 12.2. The molecule has 0 radical (unpaired) electrons. The van der Waals surface area contributed by atoms with Gasteiger partial charge in [0.15, 0.2) is 0 Å². The molecule has 0 aromatic rings. The van der Waals surface area contributed by atoms with Gasteiger partial charge in [-0.3, -0.25) is 24.2 Å². The maximum Gasteiger partial charge on any atom is 0.233 e. The number of carbonyl (C=O) groups excluding carboxylic acids is 3. The Bertz CT molecular complexity index is 516. The zero-order chi connectivity index (χ0) is 17.6. The lowest BCUT2D eigenvalue weighted by Crippen LogP contribution is -2.38. The molecule has 2 fully saturated rings. The van der Waals surface area contributed by atoms with Gasteiger partial charge in [0.25, 0.3) is 0 Å². The van der Waals surface area contributed by atoms with Crippen molar-refractivity contribution in [1.29, 1.82) is 0 Å². The monoisotopic (exact) mass is 349 g/mol. The van der Waals surface area contributed by atoms with Gasteiger partial charge in [-0.25, -0.2) is 0 Å². The zero-order valence-electron chi connectivity index (χ0n) is 14.6. The number of allylic oxidation sites excluding steroid dienone is 2. The molecule has 7 heteroatoms. The van der Waals surface area contributed by atoms with Gasteiger partial charge in [-0.15, -0.1) is 0 Å². The van der Waals surface area contributed by atoms with Crippen LogP contribution in [0.3, 0.4) is 0 Å². The Morgan fingerprint density at radius 2 is 1.72 bits per heavy atom. The predicted octanol–water partition coefficient (Wildman–Crippen LogP) is 0.166. The molecule has 0 aromatic heterocycles. The average molecular weight is 349 g/mol. The first kappa shape index (κ1) is 18.1. The first-order valence-corrected chi connectivity index (χ1v) is 9.24. The summed E-state index contributed by atoms with van der Waals surface area (Å²) in [5, 5.41) is 2.88. The van der Waals surface area contributed by atoms with Gasteiger partial charge >= 0.3 is 0 Å². The second kappa shape index (κ2) is 8.58. The fraction of sp³-hybridized carbons (Fsp3) is 0.722. The number of likely N-dealkylation sites (tertiary alicyclic amines) is 1. The maximum absolute atomic E-state index is 12.3. The number of hydrogen-bond acceptors (Lipinski definition) is 5. The molecule has 0 bridgehead atoms. The van der Waals surface area contributed by atoms with E-state index in [4.69, 9.17) is 4.74 Å². The zero-order valence-corrected chi connectivity index (χ0v) is 14.6. The lowest BCUT2D eigenvalue weighted by atomic mass is 9.85. The summed E-state index contributed by atoms with van der Waals surface area (Å²) in [5.41, 5.74) is 0. The van der Waals surface area contributed by atoms with E-state index in [1.165, 1.54) is 4.90 Å². The quantitative estimate of drug-likeness (QED) is 0.403. The van der Waals surface area contributed by atoms with E-state index in [-0.39, 0.29) is 42.5 Å². The normalized spacial score (nSPS) is 26.8. The van der Waals surface area contributed by atoms with Crippen LogP contribution in [0.2, 0.25) is 0 Å². The number of hydrogen-bond donors (Lipinski definition) is 1. The van der Waals surface area contributed by atoms with Crippen molar-refractivity contribution in [2.24, 2.45) is 11.8 Å². The number of ether oxygens (including phenoxy) is 1. The number of fused-ring (bicyclic) bond motifs is 1. The number of nitrogens with one attached hydrogen (secondary N) is 1. The van der Waals surface area contributed by atoms with Crippen LogP contribution in [0.4, 0.5) is 0 Å². The molecule has 138 valence electrons. The van der Waals surface area contributed by atoms with Crippen LogP contribution >= 0.6 is 0 Å². The van der Waals surface area contributed by atoms with Crippen molar-refractivity contribution in [2.75, 3.05) is 45.9 Å². The van der Waals surface area contributed by atoms with Crippen LogP contribution in [0.15, 0.2) is 12.2 Å². The lowest BCUT2D eigenvalue weighted by Gasteiger charge is -2.26. The number of morpholine rings is 1. The van der Waals surface area contributed by atoms with Crippen molar-refractivity contribution in [3.8, 4) is 0 Å². The molecule has 3 rings (SSSR count). The third-order valence-electron chi connectivity index (χ3n) is 5.24. The molecule has 2 atom stereocenters. The molecule has 0 saturated carbocycles. The Kier molecular flexibility index (Phi) is 6.20. The van der Waals surface area contributed by atoms with Gasteiger partial charge in [-0.1, -0.05) is 12.2 Å². The first-order valence-electron chi connectivity index (χ1n) is 9.24. The van der Waals surface area contributed by atoms with E-state index in [0.29, 0.717) is 19.4 Å². The van der Waals surface area contributed by atoms with Crippen molar-refractivity contribution in [3.05, 3.63) is 12.2 Å². The van der Waals surface area contributed by atoms with Gasteiger partial charge in [0.2, 0.25) is 17.7 Å². The van der Waals surface area contributed by atoms with Crippen LogP contribution in [-0.2, 0) is 19.1 Å². The molecule has 25 heavy (non-hydrogen) atoms. The minimum atomic E-state index is -0.214. The van der Waals surface area contributed by atoms with Crippen LogP contribution in [0.5, 0.6) is 0 Å². The molecule has 2 saturated heterocycles. The topological polar surface area (TPSA) is 79.0 Å². The third kappa shape index (κ3) is 4.46. The van der Waals surface area contributed by atoms with Crippen LogP contribution in [0, 0.1) is 11.8 Å². The average Bonchev–Trinajstić information content (AvgIpc) is 2.89. The van der Waals surface area contributed by atoms with Gasteiger partial charge in [-0.05, 0) is 25.8 Å². The summed E-state index contributed by atoms with van der Waals surface area (Å²) in [7, 11) is 0. The molecule has 0 aromatic carbocycles. The van der Waals surface area contributed by atoms with E-state index >= 15 is 0 Å². The van der Waals surface area contributed by atoms with Crippen LogP contribution < -0.4 is 5.32 Å². The standard InChI is InChI=1S/C18H27N3O4/c22-16(19-7-3-8-20-10-12-25-13-11-20)6-9-21-17(23)14-4-1-2-5-15(14)18(21)24/h1-2,14-15H,3-13H2,(H,19,22)/t14-,15+. The highest BCUT2D eigenvalue weighted by molar-refractivity contribution is 6.05. The summed E-state index contributed by atoms with van der Waals surface area (Å²) in [5.74, 6) is -0.752. The maximum atomic E-state index is 12.3. The summed E-state index contributed by atoms with van der Waals surface area (Å²) in [6.45, 7) is 5.22. The van der Waals surface area contributed by atoms with Crippen molar-refractivity contribution < 1.29 is 19.1 Å². The van der Waals surface area contributed by atoms with Gasteiger partial charge in [0.1, 0.15) is 0 Å². The van der Waals surface area contributed by atoms with Gasteiger partial charge in [0.05, 0.1) is 25.0 Å². The van der Waals surface area contributed by atoms with Gasteiger partial charge in [0, 0.05) is 32.6 Å². The van der Waals surface area contributed by atoms with E-state index in [9.17, 15) is 14.4 Å². The van der Waals surface area contributed by atoms with E-state index in [0.717, 1.165) is 39.3 Å². The number of rotatable bonds is 7. The minimum Gasteiger partial charge on any atom is -0.379 e. The molecule has 7 nitrogen and oxygen atoms in total. The Hall–Kier alpha value is -1.73. The fourth-order valence-electron chi connectivity index (χ4n) is 3.75. The highest BCUT2D eigenvalue weighted by Gasteiger charge is 2.46.